The highest BCUT2D eigenvalue weighted by molar-refractivity contribution is 5.90. The molecule has 5 unspecified atom stereocenters. The van der Waals surface area contributed by atoms with Crippen molar-refractivity contribution in [2.24, 2.45) is 5.73 Å². The lowest BCUT2D eigenvalue weighted by atomic mass is 9.93. The third-order valence-electron chi connectivity index (χ3n) is 15.4. The summed E-state index contributed by atoms with van der Waals surface area (Å²) in [6.45, 7) is 3.58. The fourth-order valence-corrected chi connectivity index (χ4v) is 10.5. The van der Waals surface area contributed by atoms with E-state index in [1.165, 1.54) is 40.6 Å². The molecule has 0 spiro atoms. The average Bonchev–Trinajstić information content (AvgIpc) is 0.777. The highest BCUT2D eigenvalue weighted by atomic mass is 19.4. The Bertz CT molecular complexity index is 3490. The van der Waals surface area contributed by atoms with Crippen LogP contribution in [0.3, 0.4) is 0 Å². The smallest absolute Gasteiger partial charge is 0.416 e. The minimum Gasteiger partial charge on any atom is -0.497 e. The number of carbonyl (C=O) groups excluding carboxylic acids is 4. The predicted molar refractivity (Wildman–Crippen MR) is 341 cm³/mol. The molecule has 524 valence electrons. The van der Waals surface area contributed by atoms with Crippen molar-refractivity contribution in [2.45, 2.75) is 139 Å². The van der Waals surface area contributed by atoms with Gasteiger partial charge in [0.2, 0.25) is 5.91 Å². The van der Waals surface area contributed by atoms with Crippen LogP contribution in [0.1, 0.15) is 67.0 Å². The van der Waals surface area contributed by atoms with Gasteiger partial charge in [-0.05, 0) is 134 Å². The number of anilines is 2. The summed E-state index contributed by atoms with van der Waals surface area (Å²) in [7, 11) is 6.03. The van der Waals surface area contributed by atoms with Crippen LogP contribution in [0.2, 0.25) is 0 Å². The van der Waals surface area contributed by atoms with E-state index in [-0.39, 0.29) is 63.9 Å². The Morgan fingerprint density at radius 3 is 1.41 bits per heavy atom. The van der Waals surface area contributed by atoms with E-state index in [2.05, 4.69) is 26.6 Å². The van der Waals surface area contributed by atoms with Crippen LogP contribution in [0.25, 0.3) is 0 Å². The van der Waals surface area contributed by atoms with Gasteiger partial charge in [0.1, 0.15) is 65.2 Å². The molecule has 97 heavy (non-hydrogen) atoms. The third-order valence-corrected chi connectivity index (χ3v) is 15.4. The second-order valence-electron chi connectivity index (χ2n) is 23.7. The van der Waals surface area contributed by atoms with Gasteiger partial charge in [-0.1, -0.05) is 60.7 Å². The lowest BCUT2D eigenvalue weighted by Gasteiger charge is -2.49. The summed E-state index contributed by atoms with van der Waals surface area (Å²) in [6, 6.07) is 27.4. The molecule has 0 aliphatic carbocycles. The zero-order valence-corrected chi connectivity index (χ0v) is 54.4. The fraction of sp³-hybridized carbons (Fsp3) is 0.420. The van der Waals surface area contributed by atoms with Gasteiger partial charge in [-0.15, -0.1) is 0 Å². The molecule has 6 aromatic carbocycles. The zero-order valence-electron chi connectivity index (χ0n) is 54.4. The van der Waals surface area contributed by atoms with E-state index >= 15 is 0 Å². The van der Waals surface area contributed by atoms with Crippen molar-refractivity contribution in [3.63, 3.8) is 0 Å². The number of urea groups is 2. The number of alkyl halides is 6. The summed E-state index contributed by atoms with van der Waals surface area (Å²) >= 11 is 0. The Hall–Kier alpha value is -8.74. The van der Waals surface area contributed by atoms with Gasteiger partial charge in [0.05, 0.1) is 104 Å². The van der Waals surface area contributed by atoms with Gasteiger partial charge in [-0.3, -0.25) is 9.59 Å². The van der Waals surface area contributed by atoms with Gasteiger partial charge in [-0.2, -0.15) is 26.3 Å². The molecule has 2 fully saturated rings. The molecule has 28 heteroatoms. The summed E-state index contributed by atoms with van der Waals surface area (Å²) < 4.78 is 159. The van der Waals surface area contributed by atoms with Crippen molar-refractivity contribution in [1.29, 1.82) is 0 Å². The van der Waals surface area contributed by atoms with Crippen molar-refractivity contribution in [3.05, 3.63) is 179 Å². The standard InChI is InChI=1S/C69H80F6N6O16/c1-67(2,3)97-57(82)31-30-53(76)63(83)80-58-55(39-90-34-41-14-22-49(86-4)23-15-41)92-38-54(79-65(84)77-47-12-8-10-45(32-47)68(70,71)72)60(58)96-64-59(81-66(85)78-48-13-9-11-46(33-48)69(73,74)75)62(94-37-44-20-28-52(89-7)29-21-44)61(93-36-43-18-26-51(88-6)27-19-43)56(95-64)40-91-35-42-16-24-50(87-5)25-17-42/h8-29,32-33,53-56,58-62,64H,30-31,34-40,76H2,1-7H3,(H,80,83)(H2,77,79,84)(H2,78,81,85)/t53?,54?,55?,56?,58-,59?,60+,61+,62+,64-/m0/s1. The minimum atomic E-state index is -4.81. The quantitative estimate of drug-likeness (QED) is 0.0188. The Kier molecular flexibility index (Phi) is 26.3. The molecule has 10 atom stereocenters. The first-order chi connectivity index (χ1) is 46.3. The summed E-state index contributed by atoms with van der Waals surface area (Å²) in [4.78, 5) is 56.9. The molecule has 6 aromatic rings. The van der Waals surface area contributed by atoms with Crippen molar-refractivity contribution >= 4 is 35.3 Å². The predicted octanol–water partition coefficient (Wildman–Crippen LogP) is 10.5. The molecule has 0 radical (unpaired) electrons. The zero-order chi connectivity index (χ0) is 69.9. The van der Waals surface area contributed by atoms with Gasteiger partial charge in [0, 0.05) is 17.8 Å². The summed E-state index contributed by atoms with van der Waals surface area (Å²) in [5.74, 6) is 0.696. The first-order valence-corrected chi connectivity index (χ1v) is 30.9. The molecule has 0 saturated carbocycles. The van der Waals surface area contributed by atoms with Gasteiger partial charge in [-0.25, -0.2) is 9.59 Å². The summed E-state index contributed by atoms with van der Waals surface area (Å²) in [6.07, 6.45) is -18.7. The molecular formula is C69H80F6N6O16. The molecule has 7 N–H and O–H groups in total. The molecule has 2 heterocycles. The van der Waals surface area contributed by atoms with Crippen molar-refractivity contribution in [2.75, 3.05) is 58.9 Å². The largest absolute Gasteiger partial charge is 0.497 e. The van der Waals surface area contributed by atoms with Gasteiger partial charge < -0.3 is 89.2 Å². The molecule has 0 bridgehead atoms. The van der Waals surface area contributed by atoms with Crippen molar-refractivity contribution in [3.8, 4) is 23.0 Å². The second-order valence-corrected chi connectivity index (χ2v) is 23.7. The Labute approximate surface area is 557 Å². The summed E-state index contributed by atoms with van der Waals surface area (Å²) in [5.41, 5.74) is 5.62. The molecule has 22 nitrogen and oxygen atoms in total. The Morgan fingerprint density at radius 1 is 0.536 bits per heavy atom. The van der Waals surface area contributed by atoms with E-state index < -0.39 is 121 Å². The lowest BCUT2D eigenvalue weighted by molar-refractivity contribution is -0.309. The van der Waals surface area contributed by atoms with Gasteiger partial charge in [0.25, 0.3) is 0 Å². The van der Waals surface area contributed by atoms with Gasteiger partial charge in [0.15, 0.2) is 6.29 Å². The van der Waals surface area contributed by atoms with Crippen LogP contribution in [0.15, 0.2) is 146 Å². The minimum absolute atomic E-state index is 0.00747. The normalized spacial score (nSPS) is 20.7. The van der Waals surface area contributed by atoms with E-state index in [1.807, 2.05) is 0 Å². The van der Waals surface area contributed by atoms with Crippen LogP contribution in [-0.4, -0.2) is 139 Å². The van der Waals surface area contributed by atoms with Crippen LogP contribution in [0.4, 0.5) is 47.3 Å². The maximum atomic E-state index is 14.8. The number of nitrogens with one attached hydrogen (secondary N) is 5. The SMILES string of the molecule is COc1ccc(COCC2O[C@@H](O[C@@H]3C(NC(=O)Nc4cccc(C(F)(F)F)c4)COC(COCc4ccc(OC)cc4)[C@@H]3NC(=O)C(N)CCC(=O)OC(C)(C)C)C(NC(=O)Nc3cccc(C(F)(F)F)c3)[C@@H](OCc3ccc(OC)cc3)[C@@H]2OCc2ccc(OC)cc2)cc1. The van der Waals surface area contributed by atoms with E-state index in [0.717, 1.165) is 36.4 Å². The maximum Gasteiger partial charge on any atom is 0.416 e. The topological polar surface area (TPSA) is 265 Å². The monoisotopic (exact) mass is 1360 g/mol. The van der Waals surface area contributed by atoms with Crippen molar-refractivity contribution in [1.82, 2.24) is 16.0 Å². The average molecular weight is 1360 g/mol. The molecule has 0 aromatic heterocycles. The third kappa shape index (κ3) is 22.4. The van der Waals surface area contributed by atoms with Crippen LogP contribution >= 0.6 is 0 Å². The van der Waals surface area contributed by atoms with E-state index in [0.29, 0.717) is 45.3 Å². The van der Waals surface area contributed by atoms with E-state index in [4.69, 9.17) is 62.6 Å². The summed E-state index contributed by atoms with van der Waals surface area (Å²) in [5, 5.41) is 13.4. The molecule has 5 amide bonds. The number of hydrogen-bond donors (Lipinski definition) is 6. The molecule has 2 aliphatic rings. The number of carbonyl (C=O) groups is 4. The highest BCUT2D eigenvalue weighted by Crippen LogP contribution is 2.36. The van der Waals surface area contributed by atoms with E-state index in [9.17, 15) is 45.5 Å². The highest BCUT2D eigenvalue weighted by Gasteiger charge is 2.53. The number of esters is 1. The first-order valence-electron chi connectivity index (χ1n) is 30.9. The number of amides is 5. The van der Waals surface area contributed by atoms with Gasteiger partial charge >= 0.3 is 30.4 Å². The van der Waals surface area contributed by atoms with Crippen LogP contribution in [0, 0.1) is 0 Å². The van der Waals surface area contributed by atoms with E-state index in [1.54, 1.807) is 118 Å². The maximum absolute atomic E-state index is 14.8. The number of hydrogen-bond acceptors (Lipinski definition) is 17. The number of ether oxygens (including phenoxy) is 12. The Balaban J connectivity index is 1.26. The van der Waals surface area contributed by atoms with Crippen LogP contribution < -0.4 is 51.3 Å². The number of halogens is 6. The molecule has 2 saturated heterocycles. The number of rotatable bonds is 29. The molecular weight excluding hydrogens is 1280 g/mol. The second kappa shape index (κ2) is 34.5. The fourth-order valence-electron chi connectivity index (χ4n) is 10.5. The number of benzene rings is 6. The number of methoxy groups -OCH3 is 4. The van der Waals surface area contributed by atoms with Crippen molar-refractivity contribution < 1.29 is 102 Å². The first kappa shape index (κ1) is 74.1. The van der Waals surface area contributed by atoms with Crippen LogP contribution in [-0.2, 0) is 86.3 Å². The Morgan fingerprint density at radius 2 is 0.969 bits per heavy atom. The molecule has 8 rings (SSSR count). The van der Waals surface area contributed by atoms with Crippen LogP contribution in [0.5, 0.6) is 23.0 Å². The lowest BCUT2D eigenvalue weighted by Crippen LogP contribution is -2.71. The molecule has 2 aliphatic heterocycles. The number of nitrogens with two attached hydrogens (primary N) is 1.